The molecule has 6 heteroatoms. The van der Waals surface area contributed by atoms with Crippen molar-refractivity contribution in [2.75, 3.05) is 0 Å². The molecule has 0 spiro atoms. The van der Waals surface area contributed by atoms with Crippen LogP contribution >= 0.6 is 0 Å². The lowest BCUT2D eigenvalue weighted by molar-refractivity contribution is 0.0901. The average molecular weight is 322 g/mol. The van der Waals surface area contributed by atoms with Gasteiger partial charge in [-0.2, -0.15) is 0 Å². The van der Waals surface area contributed by atoms with Gasteiger partial charge in [0.25, 0.3) is 11.8 Å². The van der Waals surface area contributed by atoms with Crippen LogP contribution in [-0.4, -0.2) is 32.4 Å². The summed E-state index contributed by atoms with van der Waals surface area (Å²) >= 11 is 0. The molecule has 1 heterocycles. The molecule has 0 unspecified atom stereocenters. The molecular formula is C17H30N4O2. The van der Waals surface area contributed by atoms with Gasteiger partial charge in [0, 0.05) is 17.6 Å². The summed E-state index contributed by atoms with van der Waals surface area (Å²) in [6, 6.07) is 0. The van der Waals surface area contributed by atoms with Gasteiger partial charge in [-0.1, -0.05) is 13.3 Å². The minimum atomic E-state index is -0.355. The highest BCUT2D eigenvalue weighted by molar-refractivity contribution is 5.96. The molecule has 23 heavy (non-hydrogen) atoms. The Morgan fingerprint density at radius 1 is 1.04 bits per heavy atom. The van der Waals surface area contributed by atoms with Gasteiger partial charge in [0.1, 0.15) is 5.69 Å². The molecule has 0 atom stereocenters. The van der Waals surface area contributed by atoms with Crippen LogP contribution in [0.15, 0.2) is 6.20 Å². The SMILES string of the molecule is CCCCn1c(C(=O)NC(C)(C)C)cnc1C(=O)NC(C)(C)C. The summed E-state index contributed by atoms with van der Waals surface area (Å²) in [6.45, 7) is 14.2. The second-order valence-corrected chi connectivity index (χ2v) is 7.88. The van der Waals surface area contributed by atoms with Crippen LogP contribution < -0.4 is 10.6 Å². The number of hydrogen-bond donors (Lipinski definition) is 2. The first-order valence-electron chi connectivity index (χ1n) is 8.15. The van der Waals surface area contributed by atoms with Gasteiger partial charge in [-0.05, 0) is 48.0 Å². The van der Waals surface area contributed by atoms with Crippen LogP contribution in [0.5, 0.6) is 0 Å². The predicted octanol–water partition coefficient (Wildman–Crippen LogP) is 2.74. The van der Waals surface area contributed by atoms with Gasteiger partial charge in [0.15, 0.2) is 5.82 Å². The molecule has 1 aromatic heterocycles. The molecule has 0 fully saturated rings. The van der Waals surface area contributed by atoms with Crippen molar-refractivity contribution in [3.8, 4) is 0 Å². The van der Waals surface area contributed by atoms with Crippen molar-refractivity contribution < 1.29 is 9.59 Å². The Labute approximate surface area is 139 Å². The summed E-state index contributed by atoms with van der Waals surface area (Å²) in [4.78, 5) is 29.1. The summed E-state index contributed by atoms with van der Waals surface area (Å²) in [5.74, 6) is -0.188. The molecule has 0 aromatic carbocycles. The highest BCUT2D eigenvalue weighted by Gasteiger charge is 2.25. The third-order valence-electron chi connectivity index (χ3n) is 3.00. The van der Waals surface area contributed by atoms with Gasteiger partial charge in [0.2, 0.25) is 0 Å². The third-order valence-corrected chi connectivity index (χ3v) is 3.00. The maximum absolute atomic E-state index is 12.5. The number of aromatic nitrogens is 2. The van der Waals surface area contributed by atoms with Crippen LogP contribution in [0.1, 0.15) is 82.4 Å². The maximum atomic E-state index is 12.5. The molecule has 0 bridgehead atoms. The fraction of sp³-hybridized carbons (Fsp3) is 0.706. The number of carbonyl (C=O) groups is 2. The summed E-state index contributed by atoms with van der Waals surface area (Å²) in [7, 11) is 0. The highest BCUT2D eigenvalue weighted by Crippen LogP contribution is 2.12. The lowest BCUT2D eigenvalue weighted by atomic mass is 10.1. The molecule has 0 aliphatic rings. The van der Waals surface area contributed by atoms with Gasteiger partial charge in [-0.15, -0.1) is 0 Å². The highest BCUT2D eigenvalue weighted by atomic mass is 16.2. The van der Waals surface area contributed by atoms with Gasteiger partial charge >= 0.3 is 0 Å². The van der Waals surface area contributed by atoms with Gasteiger partial charge in [-0.25, -0.2) is 4.98 Å². The zero-order chi connectivity index (χ0) is 17.8. The Morgan fingerprint density at radius 3 is 2.04 bits per heavy atom. The van der Waals surface area contributed by atoms with E-state index in [-0.39, 0.29) is 28.7 Å². The van der Waals surface area contributed by atoms with Crippen LogP contribution in [0, 0.1) is 0 Å². The molecule has 6 nitrogen and oxygen atoms in total. The fourth-order valence-corrected chi connectivity index (χ4v) is 2.08. The van der Waals surface area contributed by atoms with E-state index in [2.05, 4.69) is 22.5 Å². The smallest absolute Gasteiger partial charge is 0.287 e. The second kappa shape index (κ2) is 7.15. The molecule has 0 aliphatic carbocycles. The van der Waals surface area contributed by atoms with Crippen molar-refractivity contribution >= 4 is 11.8 Å². The van der Waals surface area contributed by atoms with Crippen molar-refractivity contribution in [2.45, 2.75) is 78.9 Å². The van der Waals surface area contributed by atoms with Gasteiger partial charge < -0.3 is 15.2 Å². The van der Waals surface area contributed by atoms with Crippen LogP contribution in [0.25, 0.3) is 0 Å². The number of hydrogen-bond acceptors (Lipinski definition) is 3. The fourth-order valence-electron chi connectivity index (χ4n) is 2.08. The first kappa shape index (κ1) is 19.2. The van der Waals surface area contributed by atoms with E-state index in [0.29, 0.717) is 12.2 Å². The van der Waals surface area contributed by atoms with Crippen LogP contribution in [0.3, 0.4) is 0 Å². The quantitative estimate of drug-likeness (QED) is 0.875. The lowest BCUT2D eigenvalue weighted by Crippen LogP contribution is -2.43. The molecule has 0 radical (unpaired) electrons. The number of nitrogens with zero attached hydrogens (tertiary/aromatic N) is 2. The first-order valence-corrected chi connectivity index (χ1v) is 8.15. The Balaban J connectivity index is 3.13. The van der Waals surface area contributed by atoms with Crippen molar-refractivity contribution in [3.05, 3.63) is 17.7 Å². The number of rotatable bonds is 5. The molecule has 130 valence electrons. The summed E-state index contributed by atoms with van der Waals surface area (Å²) in [6.07, 6.45) is 3.33. The number of imidazole rings is 1. The molecule has 2 N–H and O–H groups in total. The Morgan fingerprint density at radius 2 is 1.57 bits per heavy atom. The summed E-state index contributed by atoms with van der Waals surface area (Å²) in [5, 5.41) is 5.82. The molecule has 0 aliphatic heterocycles. The van der Waals surface area contributed by atoms with E-state index in [0.717, 1.165) is 12.8 Å². The second-order valence-electron chi connectivity index (χ2n) is 7.88. The van der Waals surface area contributed by atoms with E-state index >= 15 is 0 Å². The van der Waals surface area contributed by atoms with Crippen LogP contribution in [0.4, 0.5) is 0 Å². The Hall–Kier alpha value is -1.85. The largest absolute Gasteiger partial charge is 0.346 e. The van der Waals surface area contributed by atoms with Crippen molar-refractivity contribution in [1.29, 1.82) is 0 Å². The lowest BCUT2D eigenvalue weighted by Gasteiger charge is -2.22. The van der Waals surface area contributed by atoms with Crippen molar-refractivity contribution in [3.63, 3.8) is 0 Å². The van der Waals surface area contributed by atoms with Gasteiger partial charge in [0.05, 0.1) is 6.20 Å². The molecular weight excluding hydrogens is 292 g/mol. The third kappa shape index (κ3) is 6.04. The van der Waals surface area contributed by atoms with E-state index in [1.165, 1.54) is 6.20 Å². The topological polar surface area (TPSA) is 76.0 Å². The Bertz CT molecular complexity index is 517. The molecule has 0 saturated heterocycles. The van der Waals surface area contributed by atoms with Gasteiger partial charge in [-0.3, -0.25) is 9.59 Å². The molecule has 0 saturated carbocycles. The molecule has 2 amide bonds. The van der Waals surface area contributed by atoms with E-state index < -0.39 is 0 Å². The number of nitrogens with one attached hydrogen (secondary N) is 2. The van der Waals surface area contributed by atoms with Crippen molar-refractivity contribution in [1.82, 2.24) is 20.2 Å². The predicted molar refractivity (Wildman–Crippen MR) is 91.6 cm³/mol. The number of carbonyl (C=O) groups excluding carboxylic acids is 2. The average Bonchev–Trinajstić information content (AvgIpc) is 2.75. The van der Waals surface area contributed by atoms with E-state index in [9.17, 15) is 9.59 Å². The number of amides is 2. The standard InChI is InChI=1S/C17H30N4O2/c1-8-9-10-21-12(14(22)19-16(2,3)4)11-18-13(21)15(23)20-17(5,6)7/h11H,8-10H2,1-7H3,(H,19,22)(H,20,23). The van der Waals surface area contributed by atoms with E-state index in [1.807, 2.05) is 41.5 Å². The summed E-state index contributed by atoms with van der Waals surface area (Å²) in [5.41, 5.74) is -0.274. The monoisotopic (exact) mass is 322 g/mol. The van der Waals surface area contributed by atoms with Crippen LogP contribution in [0.2, 0.25) is 0 Å². The molecule has 1 aromatic rings. The summed E-state index contributed by atoms with van der Waals surface area (Å²) < 4.78 is 1.71. The molecule has 1 rings (SSSR count). The Kier molecular flexibility index (Phi) is 5.97. The van der Waals surface area contributed by atoms with E-state index in [4.69, 9.17) is 0 Å². The normalized spacial score (nSPS) is 12.1. The van der Waals surface area contributed by atoms with E-state index in [1.54, 1.807) is 4.57 Å². The minimum Gasteiger partial charge on any atom is -0.346 e. The first-order chi connectivity index (χ1) is 10.4. The van der Waals surface area contributed by atoms with Crippen LogP contribution in [-0.2, 0) is 6.54 Å². The maximum Gasteiger partial charge on any atom is 0.287 e. The zero-order valence-corrected chi connectivity index (χ0v) is 15.4. The zero-order valence-electron chi connectivity index (χ0n) is 15.4. The number of unbranched alkanes of at least 4 members (excludes halogenated alkanes) is 1. The minimum absolute atomic E-state index is 0.212. The van der Waals surface area contributed by atoms with Crippen molar-refractivity contribution in [2.24, 2.45) is 0 Å².